The predicted octanol–water partition coefficient (Wildman–Crippen LogP) is 10.9. The molecule has 0 fully saturated rings. The number of carbonyl (C=O) groups excluding carboxylic acids is 2. The molecule has 0 rings (SSSR count). The Hall–Kier alpha value is -2.29. The number of ether oxygens (including phenoxy) is 2. The minimum atomic E-state index is -4.38. The molecule has 0 aliphatic heterocycles. The summed E-state index contributed by atoms with van der Waals surface area (Å²) in [4.78, 5) is 35.2. The summed E-state index contributed by atoms with van der Waals surface area (Å²) in [6.07, 6.45) is 39.9. The van der Waals surface area contributed by atoms with Gasteiger partial charge in [0.2, 0.25) is 0 Å². The maximum absolute atomic E-state index is 12.6. The Bertz CT molecular complexity index is 1080. The Labute approximate surface area is 317 Å². The first-order valence-corrected chi connectivity index (χ1v) is 21.5. The van der Waals surface area contributed by atoms with E-state index in [-0.39, 0.29) is 26.1 Å². The number of rotatable bonds is 35. The minimum absolute atomic E-state index is 0.0197. The van der Waals surface area contributed by atoms with Gasteiger partial charge in [-0.3, -0.25) is 18.6 Å². The molecule has 10 heteroatoms. The van der Waals surface area contributed by atoms with Crippen LogP contribution in [0.3, 0.4) is 0 Å². The van der Waals surface area contributed by atoms with E-state index in [0.29, 0.717) is 17.4 Å². The van der Waals surface area contributed by atoms with E-state index in [1.54, 1.807) is 0 Å². The standard InChI is InChI=1S/C42H74NO8P/c1-6-8-10-12-14-16-18-20-21-23-25-27-29-31-33-35-42(45)51-40(39-50-52(46,47)49-37-36-43(3,4)5)38-48-41(44)34-32-30-28-26-24-22-19-17-15-13-11-9-7-2/h8,10,14,16-17,19-21,25,27,40H,6-7,9,11-13,15,18,22-24,26,28-39H2,1-5H3/p+1/b10-8-,16-14-,19-17-,21-20-,27-25-. The van der Waals surface area contributed by atoms with Crippen molar-refractivity contribution in [3.05, 3.63) is 60.8 Å². The van der Waals surface area contributed by atoms with Crippen LogP contribution < -0.4 is 0 Å². The smallest absolute Gasteiger partial charge is 0.462 e. The number of esters is 2. The lowest BCUT2D eigenvalue weighted by atomic mass is 10.1. The van der Waals surface area contributed by atoms with Crippen molar-refractivity contribution in [2.45, 2.75) is 148 Å². The van der Waals surface area contributed by atoms with Crippen molar-refractivity contribution >= 4 is 19.8 Å². The average molecular weight is 753 g/mol. The first-order valence-electron chi connectivity index (χ1n) is 20.0. The summed E-state index contributed by atoms with van der Waals surface area (Å²) in [5, 5.41) is 0. The topological polar surface area (TPSA) is 108 Å². The summed E-state index contributed by atoms with van der Waals surface area (Å²) in [6, 6.07) is 0. The Morgan fingerprint density at radius 1 is 0.615 bits per heavy atom. The fourth-order valence-corrected chi connectivity index (χ4v) is 5.62. The summed E-state index contributed by atoms with van der Waals surface area (Å²) in [5.74, 6) is -0.865. The van der Waals surface area contributed by atoms with Gasteiger partial charge in [0.1, 0.15) is 19.8 Å². The van der Waals surface area contributed by atoms with Crippen LogP contribution in [0.1, 0.15) is 142 Å². The van der Waals surface area contributed by atoms with Crippen LogP contribution in [-0.2, 0) is 32.7 Å². The molecule has 0 aromatic heterocycles. The van der Waals surface area contributed by atoms with E-state index in [9.17, 15) is 19.0 Å². The van der Waals surface area contributed by atoms with Crippen LogP contribution in [0.4, 0.5) is 0 Å². The monoisotopic (exact) mass is 753 g/mol. The number of carbonyl (C=O) groups is 2. The second-order valence-electron chi connectivity index (χ2n) is 14.3. The molecule has 0 bridgehead atoms. The first kappa shape index (κ1) is 49.7. The third-order valence-corrected chi connectivity index (χ3v) is 9.02. The zero-order chi connectivity index (χ0) is 38.6. The van der Waals surface area contributed by atoms with Crippen molar-refractivity contribution in [1.29, 1.82) is 0 Å². The number of likely N-dealkylation sites (N-methyl/N-ethyl adjacent to an activating group) is 1. The number of nitrogens with zero attached hydrogens (tertiary/aromatic N) is 1. The maximum atomic E-state index is 12.6. The average Bonchev–Trinajstić information content (AvgIpc) is 3.09. The molecule has 0 aromatic rings. The van der Waals surface area contributed by atoms with Crippen LogP contribution in [0.5, 0.6) is 0 Å². The van der Waals surface area contributed by atoms with Gasteiger partial charge in [0.15, 0.2) is 6.10 Å². The number of phosphoric acid groups is 1. The van der Waals surface area contributed by atoms with Gasteiger partial charge in [0, 0.05) is 12.8 Å². The molecule has 300 valence electrons. The Morgan fingerprint density at radius 2 is 1.10 bits per heavy atom. The highest BCUT2D eigenvalue weighted by Gasteiger charge is 2.27. The molecule has 0 aliphatic carbocycles. The molecule has 2 unspecified atom stereocenters. The van der Waals surface area contributed by atoms with E-state index in [0.717, 1.165) is 77.0 Å². The molecule has 0 amide bonds. The van der Waals surface area contributed by atoms with Crippen LogP contribution in [-0.4, -0.2) is 74.9 Å². The molecule has 0 radical (unpaired) electrons. The highest BCUT2D eigenvalue weighted by Crippen LogP contribution is 2.43. The second-order valence-corrected chi connectivity index (χ2v) is 15.7. The molecule has 0 saturated carbocycles. The Balaban J connectivity index is 4.52. The van der Waals surface area contributed by atoms with E-state index in [2.05, 4.69) is 74.6 Å². The quantitative estimate of drug-likeness (QED) is 0.0224. The van der Waals surface area contributed by atoms with Crippen molar-refractivity contribution in [3.8, 4) is 0 Å². The van der Waals surface area contributed by atoms with Crippen LogP contribution in [0, 0.1) is 0 Å². The molecular formula is C42H75NO8P+. The summed E-state index contributed by atoms with van der Waals surface area (Å²) < 4.78 is 34.1. The summed E-state index contributed by atoms with van der Waals surface area (Å²) in [5.41, 5.74) is 0. The van der Waals surface area contributed by atoms with Gasteiger partial charge in [-0.2, -0.15) is 0 Å². The van der Waals surface area contributed by atoms with Gasteiger partial charge in [-0.1, -0.05) is 113 Å². The van der Waals surface area contributed by atoms with Crippen molar-refractivity contribution < 1.29 is 42.1 Å². The van der Waals surface area contributed by atoms with Crippen LogP contribution in [0.15, 0.2) is 60.8 Å². The fraction of sp³-hybridized carbons (Fsp3) is 0.714. The van der Waals surface area contributed by atoms with Crippen molar-refractivity contribution in [2.24, 2.45) is 0 Å². The second kappa shape index (κ2) is 34.5. The predicted molar refractivity (Wildman–Crippen MR) is 215 cm³/mol. The largest absolute Gasteiger partial charge is 0.472 e. The van der Waals surface area contributed by atoms with Gasteiger partial charge in [0.05, 0.1) is 27.7 Å². The lowest BCUT2D eigenvalue weighted by molar-refractivity contribution is -0.870. The van der Waals surface area contributed by atoms with E-state index in [4.69, 9.17) is 18.5 Å². The molecule has 9 nitrogen and oxygen atoms in total. The molecule has 1 N–H and O–H groups in total. The summed E-state index contributed by atoms with van der Waals surface area (Å²) in [7, 11) is 1.43. The summed E-state index contributed by atoms with van der Waals surface area (Å²) in [6.45, 7) is 4.20. The van der Waals surface area contributed by atoms with Crippen LogP contribution in [0.2, 0.25) is 0 Å². The molecule has 0 heterocycles. The molecule has 0 spiro atoms. The highest BCUT2D eigenvalue weighted by molar-refractivity contribution is 7.47. The normalized spacial score (nSPS) is 14.3. The number of phosphoric ester groups is 1. The Kier molecular flexibility index (Phi) is 33.0. The van der Waals surface area contributed by atoms with Crippen LogP contribution >= 0.6 is 7.82 Å². The third-order valence-electron chi connectivity index (χ3n) is 8.03. The van der Waals surface area contributed by atoms with Crippen LogP contribution in [0.25, 0.3) is 0 Å². The van der Waals surface area contributed by atoms with E-state index >= 15 is 0 Å². The lowest BCUT2D eigenvalue weighted by Crippen LogP contribution is -2.37. The van der Waals surface area contributed by atoms with Gasteiger partial charge in [-0.15, -0.1) is 0 Å². The zero-order valence-corrected chi connectivity index (χ0v) is 34.4. The number of hydrogen-bond donors (Lipinski definition) is 1. The number of hydrogen-bond acceptors (Lipinski definition) is 7. The molecular weight excluding hydrogens is 677 g/mol. The number of unbranched alkanes of at least 4 members (excludes halogenated alkanes) is 11. The Morgan fingerprint density at radius 3 is 1.69 bits per heavy atom. The van der Waals surface area contributed by atoms with Gasteiger partial charge in [0.25, 0.3) is 0 Å². The molecule has 2 atom stereocenters. The van der Waals surface area contributed by atoms with E-state index < -0.39 is 32.5 Å². The zero-order valence-electron chi connectivity index (χ0n) is 33.5. The minimum Gasteiger partial charge on any atom is -0.462 e. The van der Waals surface area contributed by atoms with Crippen molar-refractivity contribution in [1.82, 2.24) is 0 Å². The first-order chi connectivity index (χ1) is 25.0. The molecule has 0 saturated heterocycles. The SMILES string of the molecule is CC/C=C\C/C=C\C/C=C\C/C=C\CCCCC(=O)OC(COC(=O)CCCCCCC/C=C\CCCCCC)COP(=O)(O)OCC[N+](C)(C)C. The van der Waals surface area contributed by atoms with E-state index in [1.165, 1.54) is 32.1 Å². The van der Waals surface area contributed by atoms with Crippen molar-refractivity contribution in [3.63, 3.8) is 0 Å². The highest BCUT2D eigenvalue weighted by atomic mass is 31.2. The summed E-state index contributed by atoms with van der Waals surface area (Å²) >= 11 is 0. The number of quaternary nitrogens is 1. The lowest BCUT2D eigenvalue weighted by Gasteiger charge is -2.24. The molecule has 0 aromatic carbocycles. The van der Waals surface area contributed by atoms with Gasteiger partial charge >= 0.3 is 19.8 Å². The van der Waals surface area contributed by atoms with E-state index in [1.807, 2.05) is 21.1 Å². The maximum Gasteiger partial charge on any atom is 0.472 e. The van der Waals surface area contributed by atoms with Gasteiger partial charge in [-0.25, -0.2) is 4.57 Å². The fourth-order valence-electron chi connectivity index (χ4n) is 4.88. The van der Waals surface area contributed by atoms with Gasteiger partial charge < -0.3 is 18.9 Å². The molecule has 52 heavy (non-hydrogen) atoms. The van der Waals surface area contributed by atoms with Crippen molar-refractivity contribution in [2.75, 3.05) is 47.5 Å². The number of allylic oxidation sites excluding steroid dienone is 10. The van der Waals surface area contributed by atoms with Gasteiger partial charge in [-0.05, 0) is 77.0 Å². The molecule has 0 aliphatic rings. The third kappa shape index (κ3) is 37.5.